The van der Waals surface area contributed by atoms with E-state index in [9.17, 15) is 0 Å². The molecule has 0 fully saturated rings. The first-order valence-corrected chi connectivity index (χ1v) is 3.76. The van der Waals surface area contributed by atoms with Crippen molar-refractivity contribution < 1.29 is 4.74 Å². The van der Waals surface area contributed by atoms with Crippen LogP contribution < -0.4 is 16.0 Å². The monoisotopic (exact) mass is 201 g/mol. The summed E-state index contributed by atoms with van der Waals surface area (Å²) in [5.74, 6) is 5.23. The summed E-state index contributed by atoms with van der Waals surface area (Å²) < 4.78 is 5.02. The Bertz CT molecular complexity index is 305. The lowest BCUT2D eigenvalue weighted by Crippen LogP contribution is -2.12. The molecule has 0 unspecified atom stereocenters. The van der Waals surface area contributed by atoms with E-state index in [0.717, 1.165) is 0 Å². The van der Waals surface area contributed by atoms with Gasteiger partial charge in [0.25, 0.3) is 0 Å². The molecule has 0 amide bonds. The van der Waals surface area contributed by atoms with E-state index < -0.39 is 0 Å². The Morgan fingerprint density at radius 1 is 1.54 bits per heavy atom. The molecule has 0 aliphatic heterocycles. The van der Waals surface area contributed by atoms with Crippen LogP contribution in [0.1, 0.15) is 0 Å². The van der Waals surface area contributed by atoms with E-state index in [2.05, 4.69) is 27.0 Å². The summed E-state index contributed by atoms with van der Waals surface area (Å²) in [6.07, 6.45) is 1.56. The van der Waals surface area contributed by atoms with Crippen LogP contribution in [0.3, 0.4) is 0 Å². The molecule has 0 bridgehead atoms. The third kappa shape index (κ3) is 2.85. The highest BCUT2D eigenvalue weighted by Crippen LogP contribution is 2.09. The van der Waals surface area contributed by atoms with Crippen molar-refractivity contribution in [1.82, 2.24) is 15.0 Å². The molecule has 1 heterocycles. The molecule has 70 valence electrons. The molecule has 0 atom stereocenters. The standard InChI is InChI=1S/C6H8ClN5O/c1-2-3-13-6-10-4(7)9-5(11-6)12-8/h2H,1,3,8H2,(H,9,10,11,12). The summed E-state index contributed by atoms with van der Waals surface area (Å²) in [7, 11) is 0. The molecule has 0 saturated heterocycles. The second-order valence-electron chi connectivity index (χ2n) is 1.95. The van der Waals surface area contributed by atoms with Gasteiger partial charge in [-0.3, -0.25) is 5.43 Å². The molecule has 3 N–H and O–H groups in total. The first-order valence-electron chi connectivity index (χ1n) is 3.38. The van der Waals surface area contributed by atoms with Crippen molar-refractivity contribution in [3.05, 3.63) is 17.9 Å². The number of ether oxygens (including phenoxy) is 1. The Balaban J connectivity index is 2.81. The van der Waals surface area contributed by atoms with Crippen LogP contribution in [0.4, 0.5) is 5.95 Å². The second kappa shape index (κ2) is 4.58. The van der Waals surface area contributed by atoms with Gasteiger partial charge in [0.05, 0.1) is 0 Å². The highest BCUT2D eigenvalue weighted by atomic mass is 35.5. The van der Waals surface area contributed by atoms with Gasteiger partial charge < -0.3 is 4.74 Å². The summed E-state index contributed by atoms with van der Waals surface area (Å²) in [6, 6.07) is 0.104. The van der Waals surface area contributed by atoms with Crippen molar-refractivity contribution in [2.24, 2.45) is 5.84 Å². The van der Waals surface area contributed by atoms with Gasteiger partial charge in [-0.25, -0.2) is 5.84 Å². The minimum Gasteiger partial charge on any atom is -0.459 e. The van der Waals surface area contributed by atoms with Crippen LogP contribution in [0.15, 0.2) is 12.7 Å². The van der Waals surface area contributed by atoms with Gasteiger partial charge in [-0.15, -0.1) is 0 Å². The maximum absolute atomic E-state index is 5.54. The van der Waals surface area contributed by atoms with Gasteiger partial charge in [0.15, 0.2) is 0 Å². The van der Waals surface area contributed by atoms with Gasteiger partial charge in [-0.2, -0.15) is 15.0 Å². The maximum Gasteiger partial charge on any atom is 0.322 e. The highest BCUT2D eigenvalue weighted by Gasteiger charge is 2.03. The van der Waals surface area contributed by atoms with E-state index >= 15 is 0 Å². The summed E-state index contributed by atoms with van der Waals surface area (Å²) in [5.41, 5.74) is 2.23. The molecule has 0 aromatic carbocycles. The van der Waals surface area contributed by atoms with Crippen LogP contribution in [-0.4, -0.2) is 21.6 Å². The lowest BCUT2D eigenvalue weighted by molar-refractivity contribution is 0.332. The molecular weight excluding hydrogens is 194 g/mol. The number of nitrogens with one attached hydrogen (secondary N) is 1. The number of rotatable bonds is 4. The Labute approximate surface area is 79.8 Å². The molecule has 0 aliphatic carbocycles. The molecule has 0 aliphatic rings. The molecular formula is C6H8ClN5O. The Morgan fingerprint density at radius 3 is 2.92 bits per heavy atom. The second-order valence-corrected chi connectivity index (χ2v) is 2.29. The van der Waals surface area contributed by atoms with E-state index in [4.69, 9.17) is 22.2 Å². The molecule has 0 saturated carbocycles. The van der Waals surface area contributed by atoms with Gasteiger partial charge in [-0.1, -0.05) is 12.7 Å². The molecule has 1 aromatic heterocycles. The third-order valence-corrected chi connectivity index (χ3v) is 1.22. The lowest BCUT2D eigenvalue weighted by atomic mass is 10.7. The number of hydrogen-bond donors (Lipinski definition) is 2. The quantitative estimate of drug-likeness (QED) is 0.416. The van der Waals surface area contributed by atoms with Crippen LogP contribution in [0.25, 0.3) is 0 Å². The van der Waals surface area contributed by atoms with E-state index in [1.807, 2.05) is 0 Å². The Kier molecular flexibility index (Phi) is 3.41. The zero-order valence-electron chi connectivity index (χ0n) is 6.70. The van der Waals surface area contributed by atoms with Crippen molar-refractivity contribution >= 4 is 17.5 Å². The zero-order chi connectivity index (χ0) is 9.68. The SMILES string of the molecule is C=CCOc1nc(Cl)nc(NN)n1. The number of hydrazine groups is 1. The Hall–Kier alpha value is -1.40. The fourth-order valence-corrected chi connectivity index (χ4v) is 0.747. The Morgan fingerprint density at radius 2 is 2.31 bits per heavy atom. The average Bonchev–Trinajstić information content (AvgIpc) is 2.14. The lowest BCUT2D eigenvalue weighted by Gasteiger charge is -2.02. The molecule has 1 aromatic rings. The van der Waals surface area contributed by atoms with Gasteiger partial charge in [0.1, 0.15) is 6.61 Å². The summed E-state index contributed by atoms with van der Waals surface area (Å²) in [4.78, 5) is 11.1. The number of halogens is 1. The number of nitrogen functional groups attached to an aromatic ring is 1. The van der Waals surface area contributed by atoms with E-state index in [1.54, 1.807) is 6.08 Å². The summed E-state index contributed by atoms with van der Waals surface area (Å²) >= 11 is 5.54. The summed E-state index contributed by atoms with van der Waals surface area (Å²) in [6.45, 7) is 3.77. The fraction of sp³-hybridized carbons (Fsp3) is 0.167. The van der Waals surface area contributed by atoms with Crippen LogP contribution in [0.5, 0.6) is 6.01 Å². The van der Waals surface area contributed by atoms with Crippen molar-refractivity contribution in [3.8, 4) is 6.01 Å². The largest absolute Gasteiger partial charge is 0.459 e. The fourth-order valence-electron chi connectivity index (χ4n) is 0.594. The normalized spacial score (nSPS) is 9.38. The zero-order valence-corrected chi connectivity index (χ0v) is 7.45. The summed E-state index contributed by atoms with van der Waals surface area (Å²) in [5, 5.41) is 0.0158. The van der Waals surface area contributed by atoms with Crippen LogP contribution in [-0.2, 0) is 0 Å². The molecule has 1 rings (SSSR count). The van der Waals surface area contributed by atoms with Gasteiger partial charge in [-0.05, 0) is 11.6 Å². The molecule has 0 spiro atoms. The van der Waals surface area contributed by atoms with Crippen LogP contribution in [0.2, 0.25) is 5.28 Å². The first kappa shape index (κ1) is 9.69. The van der Waals surface area contributed by atoms with Crippen molar-refractivity contribution in [1.29, 1.82) is 0 Å². The van der Waals surface area contributed by atoms with Gasteiger partial charge in [0.2, 0.25) is 11.2 Å². The third-order valence-electron chi connectivity index (χ3n) is 1.05. The average molecular weight is 202 g/mol. The van der Waals surface area contributed by atoms with Gasteiger partial charge >= 0.3 is 6.01 Å². The maximum atomic E-state index is 5.54. The predicted molar refractivity (Wildman–Crippen MR) is 48.3 cm³/mol. The first-order chi connectivity index (χ1) is 6.26. The van der Waals surface area contributed by atoms with E-state index in [0.29, 0.717) is 6.61 Å². The van der Waals surface area contributed by atoms with Crippen LogP contribution >= 0.6 is 11.6 Å². The number of anilines is 1. The predicted octanol–water partition coefficient (Wildman–Crippen LogP) is 0.375. The molecule has 0 radical (unpaired) electrons. The van der Waals surface area contributed by atoms with Crippen molar-refractivity contribution in [2.45, 2.75) is 0 Å². The number of nitrogens with zero attached hydrogens (tertiary/aromatic N) is 3. The molecule has 13 heavy (non-hydrogen) atoms. The minimum absolute atomic E-state index is 0.0158. The smallest absolute Gasteiger partial charge is 0.322 e. The minimum atomic E-state index is 0.0158. The number of nitrogens with two attached hydrogens (primary N) is 1. The molecule has 6 nitrogen and oxygen atoms in total. The topological polar surface area (TPSA) is 86.0 Å². The van der Waals surface area contributed by atoms with Crippen LogP contribution in [0, 0.1) is 0 Å². The van der Waals surface area contributed by atoms with E-state index in [-0.39, 0.29) is 17.2 Å². The van der Waals surface area contributed by atoms with E-state index in [1.165, 1.54) is 0 Å². The van der Waals surface area contributed by atoms with Crippen molar-refractivity contribution in [3.63, 3.8) is 0 Å². The number of aromatic nitrogens is 3. The highest BCUT2D eigenvalue weighted by molar-refractivity contribution is 6.28. The van der Waals surface area contributed by atoms with Crippen molar-refractivity contribution in [2.75, 3.05) is 12.0 Å². The van der Waals surface area contributed by atoms with Gasteiger partial charge in [0, 0.05) is 0 Å². The molecule has 7 heteroatoms. The number of hydrogen-bond acceptors (Lipinski definition) is 6.